The molecule has 0 aliphatic rings. The van der Waals surface area contributed by atoms with Gasteiger partial charge in [0.05, 0.1) is 6.02 Å². The molecule has 2 unspecified atom stereocenters. The molecule has 0 aliphatic carbocycles. The van der Waals surface area contributed by atoms with Crippen molar-refractivity contribution in [3.05, 3.63) is 0 Å². The lowest BCUT2D eigenvalue weighted by molar-refractivity contribution is -0.227. The normalized spacial score (nSPS) is 11.3. The predicted octanol–water partition coefficient (Wildman–Crippen LogP) is 0.892. The SMILES string of the molecule is O=C(CCCC(=O)N(P)/C([O-])=N/P)SI. The lowest BCUT2D eigenvalue weighted by atomic mass is 10.2. The summed E-state index contributed by atoms with van der Waals surface area (Å²) in [6, 6.07) is -0.635. The molecular formula is C6H10IN2O3P2S-. The molecule has 0 aliphatic heterocycles. The van der Waals surface area contributed by atoms with Gasteiger partial charge in [-0.1, -0.05) is 0 Å². The Morgan fingerprint density at radius 2 is 2.07 bits per heavy atom. The Morgan fingerprint density at radius 1 is 1.47 bits per heavy atom. The van der Waals surface area contributed by atoms with Crippen LogP contribution in [0.1, 0.15) is 19.3 Å². The highest BCUT2D eigenvalue weighted by atomic mass is 127. The number of halogens is 1. The Balaban J connectivity index is 3.89. The number of hydrogen-bond donors (Lipinski definition) is 0. The molecule has 0 rings (SSSR count). The maximum atomic E-state index is 11.3. The first-order valence-electron chi connectivity index (χ1n) is 3.87. The fourth-order valence-electron chi connectivity index (χ4n) is 0.712. The van der Waals surface area contributed by atoms with Gasteiger partial charge in [-0.15, -0.1) is 0 Å². The largest absolute Gasteiger partial charge is 0.846 e. The molecule has 0 saturated heterocycles. The van der Waals surface area contributed by atoms with Crippen LogP contribution in [0, 0.1) is 0 Å². The first kappa shape index (κ1) is 15.6. The average Bonchev–Trinajstić information content (AvgIpc) is 2.26. The second kappa shape index (κ2) is 8.67. The van der Waals surface area contributed by atoms with E-state index in [1.54, 1.807) is 0 Å². The molecule has 0 radical (unpaired) electrons. The van der Waals surface area contributed by atoms with Gasteiger partial charge >= 0.3 is 0 Å². The molecule has 0 aromatic heterocycles. The van der Waals surface area contributed by atoms with Gasteiger partial charge in [0.15, 0.2) is 5.12 Å². The van der Waals surface area contributed by atoms with Crippen molar-refractivity contribution in [1.29, 1.82) is 0 Å². The van der Waals surface area contributed by atoms with Gasteiger partial charge in [-0.2, -0.15) is 0 Å². The van der Waals surface area contributed by atoms with Crippen molar-refractivity contribution < 1.29 is 14.7 Å². The summed E-state index contributed by atoms with van der Waals surface area (Å²) >= 11 is 1.90. The fraction of sp³-hybridized carbons (Fsp3) is 0.500. The van der Waals surface area contributed by atoms with Gasteiger partial charge in [-0.25, -0.2) is 0 Å². The summed E-state index contributed by atoms with van der Waals surface area (Å²) in [5, 5.41) is 11.0. The quantitative estimate of drug-likeness (QED) is 0.315. The van der Waals surface area contributed by atoms with E-state index in [0.717, 1.165) is 13.6 Å². The lowest BCUT2D eigenvalue weighted by Crippen LogP contribution is -2.36. The van der Waals surface area contributed by atoms with Crippen LogP contribution in [-0.2, 0) is 9.59 Å². The molecule has 0 saturated carbocycles. The number of rotatable bonds is 4. The van der Waals surface area contributed by atoms with E-state index >= 15 is 0 Å². The van der Waals surface area contributed by atoms with Crippen LogP contribution in [-0.4, -0.2) is 21.7 Å². The van der Waals surface area contributed by atoms with Crippen LogP contribution in [0.5, 0.6) is 0 Å². The summed E-state index contributed by atoms with van der Waals surface area (Å²) in [6.45, 7) is 0. The minimum Gasteiger partial charge on any atom is -0.846 e. The van der Waals surface area contributed by atoms with Crippen molar-refractivity contribution in [2.45, 2.75) is 19.3 Å². The first-order valence-corrected chi connectivity index (χ1v) is 8.26. The van der Waals surface area contributed by atoms with Crippen LogP contribution in [0.2, 0.25) is 0 Å². The van der Waals surface area contributed by atoms with Gasteiger partial charge in [0.2, 0.25) is 5.91 Å². The van der Waals surface area contributed by atoms with Crippen LogP contribution in [0.25, 0.3) is 0 Å². The smallest absolute Gasteiger partial charge is 0.230 e. The second-order valence-corrected chi connectivity index (χ2v) is 5.18. The molecule has 0 bridgehead atoms. The van der Waals surface area contributed by atoms with Crippen LogP contribution < -0.4 is 5.11 Å². The van der Waals surface area contributed by atoms with Crippen LogP contribution in [0.3, 0.4) is 0 Å². The monoisotopic (exact) mass is 379 g/mol. The minimum absolute atomic E-state index is 0.0285. The zero-order chi connectivity index (χ0) is 11.8. The van der Waals surface area contributed by atoms with Crippen LogP contribution in [0.15, 0.2) is 4.76 Å². The Morgan fingerprint density at radius 3 is 2.53 bits per heavy atom. The molecule has 0 aromatic rings. The van der Waals surface area contributed by atoms with Gasteiger partial charge in [0.1, 0.15) is 0 Å². The topological polar surface area (TPSA) is 72.8 Å². The predicted molar refractivity (Wildman–Crippen MR) is 74.2 cm³/mol. The highest BCUT2D eigenvalue weighted by Gasteiger charge is 2.09. The Bertz CT molecular complexity index is 277. The van der Waals surface area contributed by atoms with Crippen molar-refractivity contribution in [3.8, 4) is 0 Å². The van der Waals surface area contributed by atoms with Crippen molar-refractivity contribution in [3.63, 3.8) is 0 Å². The summed E-state index contributed by atoms with van der Waals surface area (Å²) < 4.78 is 4.11. The van der Waals surface area contributed by atoms with Gasteiger partial charge in [-0.3, -0.25) is 19.0 Å². The van der Waals surface area contributed by atoms with Gasteiger partial charge < -0.3 is 5.11 Å². The van der Waals surface area contributed by atoms with E-state index in [2.05, 4.69) is 4.76 Å². The van der Waals surface area contributed by atoms with E-state index in [4.69, 9.17) is 0 Å². The summed E-state index contributed by atoms with van der Waals surface area (Å²) in [4.78, 5) is 22.2. The summed E-state index contributed by atoms with van der Waals surface area (Å²) in [7, 11) is 5.00. The average molecular weight is 379 g/mol. The molecule has 1 amide bonds. The van der Waals surface area contributed by atoms with Crippen molar-refractivity contribution in [2.75, 3.05) is 0 Å². The number of carbonyl (C=O) groups is 2. The van der Waals surface area contributed by atoms with Crippen molar-refractivity contribution in [1.82, 2.24) is 4.67 Å². The minimum atomic E-state index is -0.635. The number of amidine groups is 1. The third-order valence-corrected chi connectivity index (χ3v) is 4.02. The summed E-state index contributed by atoms with van der Waals surface area (Å²) in [5.74, 6) is -0.359. The third-order valence-electron chi connectivity index (χ3n) is 1.44. The van der Waals surface area contributed by atoms with Crippen molar-refractivity contribution in [2.24, 2.45) is 4.76 Å². The molecule has 0 spiro atoms. The van der Waals surface area contributed by atoms with E-state index in [1.165, 1.54) is 0 Å². The Labute approximate surface area is 109 Å². The molecule has 0 N–H and O–H groups in total. The highest BCUT2D eigenvalue weighted by Crippen LogP contribution is 2.16. The number of hydrogen-bond acceptors (Lipinski definition) is 5. The fourth-order valence-corrected chi connectivity index (χ4v) is 2.05. The molecule has 0 heterocycles. The molecule has 2 atom stereocenters. The Kier molecular flexibility index (Phi) is 8.99. The Hall–Kier alpha value is 0.550. The summed E-state index contributed by atoms with van der Waals surface area (Å²) in [6.07, 6.45) is 0.950. The van der Waals surface area contributed by atoms with Gasteiger partial charge in [0, 0.05) is 34.0 Å². The number of nitrogens with zero attached hydrogens (tertiary/aromatic N) is 2. The van der Waals surface area contributed by atoms with Crippen LogP contribution in [0.4, 0.5) is 0 Å². The van der Waals surface area contributed by atoms with Gasteiger partial charge in [-0.05, 0) is 34.1 Å². The standard InChI is InChI=1S/C6H11IN2O3P2S/c7-15-5(11)3-1-2-4(10)9(14)6(12)8-13/h1-3,13-14H2,(H,8,12)/p-1. The van der Waals surface area contributed by atoms with E-state index in [0.29, 0.717) is 12.8 Å². The zero-order valence-corrected chi connectivity index (χ0v) is 13.0. The molecule has 5 nitrogen and oxygen atoms in total. The second-order valence-electron chi connectivity index (χ2n) is 2.48. The third kappa shape index (κ3) is 6.66. The maximum absolute atomic E-state index is 11.3. The number of carbonyl (C=O) groups excluding carboxylic acids is 2. The summed E-state index contributed by atoms with van der Waals surface area (Å²) in [5.41, 5.74) is 0. The molecule has 0 aromatic carbocycles. The first-order chi connectivity index (χ1) is 7.02. The molecular weight excluding hydrogens is 369 g/mol. The lowest BCUT2D eigenvalue weighted by Gasteiger charge is -2.21. The zero-order valence-electron chi connectivity index (χ0n) is 7.68. The molecule has 9 heteroatoms. The highest BCUT2D eigenvalue weighted by molar-refractivity contribution is 14.2. The van der Waals surface area contributed by atoms with E-state index in [9.17, 15) is 14.7 Å². The van der Waals surface area contributed by atoms with E-state index in [-0.39, 0.29) is 17.4 Å². The van der Waals surface area contributed by atoms with Gasteiger partial charge in [0.25, 0.3) is 0 Å². The maximum Gasteiger partial charge on any atom is 0.230 e. The van der Waals surface area contributed by atoms with Crippen LogP contribution >= 0.6 is 48.9 Å². The van der Waals surface area contributed by atoms with E-state index in [1.807, 2.05) is 40.0 Å². The number of amides is 1. The molecule has 0 fully saturated rings. The molecule has 86 valence electrons. The molecule has 15 heavy (non-hydrogen) atoms. The van der Waals surface area contributed by atoms with Crippen molar-refractivity contribution >= 4 is 66.0 Å². The van der Waals surface area contributed by atoms with E-state index < -0.39 is 6.02 Å².